The summed E-state index contributed by atoms with van der Waals surface area (Å²) in [6.07, 6.45) is 0.0579. The molecule has 1 aromatic rings. The zero-order valence-corrected chi connectivity index (χ0v) is 16.7. The van der Waals surface area contributed by atoms with E-state index in [4.69, 9.17) is 16.3 Å². The maximum absolute atomic E-state index is 12.6. The standard InChI is InChI=1S/C19H26ClN3O4/c1-19(2,3)27-18(26)21-13-16(24)22-9-4-10-23(12-11-22)17(25)14-5-7-15(20)8-6-14/h5-8H,4,9-13H2,1-3H3,(H,21,26). The quantitative estimate of drug-likeness (QED) is 0.852. The third kappa shape index (κ3) is 6.75. The third-order valence-electron chi connectivity index (χ3n) is 4.01. The van der Waals surface area contributed by atoms with Gasteiger partial charge in [0.25, 0.3) is 5.91 Å². The first-order valence-electron chi connectivity index (χ1n) is 8.95. The van der Waals surface area contributed by atoms with Gasteiger partial charge < -0.3 is 19.9 Å². The van der Waals surface area contributed by atoms with Crippen molar-refractivity contribution in [3.05, 3.63) is 34.9 Å². The lowest BCUT2D eigenvalue weighted by atomic mass is 10.2. The fourth-order valence-electron chi connectivity index (χ4n) is 2.72. The molecule has 148 valence electrons. The van der Waals surface area contributed by atoms with Crippen LogP contribution in [0.15, 0.2) is 24.3 Å². The first-order chi connectivity index (χ1) is 12.7. The molecular formula is C19H26ClN3O4. The molecule has 0 saturated carbocycles. The summed E-state index contributed by atoms with van der Waals surface area (Å²) in [5.74, 6) is -0.269. The highest BCUT2D eigenvalue weighted by Gasteiger charge is 2.23. The minimum absolute atomic E-state index is 0.0761. The van der Waals surface area contributed by atoms with E-state index in [-0.39, 0.29) is 18.4 Å². The van der Waals surface area contributed by atoms with Crippen LogP contribution >= 0.6 is 11.6 Å². The molecule has 0 atom stereocenters. The number of nitrogens with zero attached hydrogens (tertiary/aromatic N) is 2. The zero-order valence-electron chi connectivity index (χ0n) is 16.0. The van der Waals surface area contributed by atoms with Crippen molar-refractivity contribution >= 4 is 29.5 Å². The van der Waals surface area contributed by atoms with E-state index in [1.807, 2.05) is 0 Å². The van der Waals surface area contributed by atoms with Crippen LogP contribution in [0.1, 0.15) is 37.6 Å². The third-order valence-corrected chi connectivity index (χ3v) is 4.26. The summed E-state index contributed by atoms with van der Waals surface area (Å²) in [5, 5.41) is 3.06. The number of ether oxygens (including phenoxy) is 1. The highest BCUT2D eigenvalue weighted by Crippen LogP contribution is 2.13. The Morgan fingerprint density at radius 1 is 1.04 bits per heavy atom. The minimum Gasteiger partial charge on any atom is -0.444 e. The van der Waals surface area contributed by atoms with Crippen molar-refractivity contribution in [3.8, 4) is 0 Å². The Morgan fingerprint density at radius 3 is 2.26 bits per heavy atom. The SMILES string of the molecule is CC(C)(C)OC(=O)NCC(=O)N1CCCN(C(=O)c2ccc(Cl)cc2)CC1. The van der Waals surface area contributed by atoms with Crippen LogP contribution in [0.4, 0.5) is 4.79 Å². The molecular weight excluding hydrogens is 370 g/mol. The van der Waals surface area contributed by atoms with E-state index in [2.05, 4.69) is 5.32 Å². The van der Waals surface area contributed by atoms with Crippen molar-refractivity contribution in [1.29, 1.82) is 0 Å². The predicted octanol–water partition coefficient (Wildman–Crippen LogP) is 2.54. The largest absolute Gasteiger partial charge is 0.444 e. The maximum Gasteiger partial charge on any atom is 0.408 e. The van der Waals surface area contributed by atoms with Gasteiger partial charge >= 0.3 is 6.09 Å². The highest BCUT2D eigenvalue weighted by atomic mass is 35.5. The Bertz CT molecular complexity index is 685. The van der Waals surface area contributed by atoms with Crippen molar-refractivity contribution in [1.82, 2.24) is 15.1 Å². The summed E-state index contributed by atoms with van der Waals surface area (Å²) >= 11 is 5.86. The molecule has 1 N–H and O–H groups in total. The van der Waals surface area contributed by atoms with Crippen LogP contribution < -0.4 is 5.32 Å². The molecule has 0 unspecified atom stereocenters. The van der Waals surface area contributed by atoms with Gasteiger partial charge in [0, 0.05) is 36.8 Å². The van der Waals surface area contributed by atoms with Crippen molar-refractivity contribution < 1.29 is 19.1 Å². The number of rotatable bonds is 3. The minimum atomic E-state index is -0.620. The van der Waals surface area contributed by atoms with Gasteiger partial charge in [-0.05, 0) is 51.5 Å². The number of carbonyl (C=O) groups is 3. The Labute approximate surface area is 164 Å². The molecule has 0 aromatic heterocycles. The average Bonchev–Trinajstić information content (AvgIpc) is 2.84. The Kier molecular flexibility index (Phi) is 7.07. The van der Waals surface area contributed by atoms with Crippen molar-refractivity contribution in [2.45, 2.75) is 32.8 Å². The molecule has 1 fully saturated rings. The fraction of sp³-hybridized carbons (Fsp3) is 0.526. The first kappa shape index (κ1) is 21.0. The normalized spacial score (nSPS) is 15.1. The van der Waals surface area contributed by atoms with E-state index < -0.39 is 11.7 Å². The topological polar surface area (TPSA) is 79.0 Å². The lowest BCUT2D eigenvalue weighted by molar-refractivity contribution is -0.130. The van der Waals surface area contributed by atoms with E-state index in [9.17, 15) is 14.4 Å². The van der Waals surface area contributed by atoms with Gasteiger partial charge in [0.15, 0.2) is 0 Å². The molecule has 1 aliphatic heterocycles. The smallest absolute Gasteiger partial charge is 0.408 e. The second kappa shape index (κ2) is 9.08. The predicted molar refractivity (Wildman–Crippen MR) is 103 cm³/mol. The number of alkyl carbamates (subject to hydrolysis) is 1. The van der Waals surface area contributed by atoms with Crippen LogP contribution in [-0.4, -0.2) is 66.0 Å². The fourth-order valence-corrected chi connectivity index (χ4v) is 2.84. The Morgan fingerprint density at radius 2 is 1.63 bits per heavy atom. The zero-order chi connectivity index (χ0) is 20.0. The van der Waals surface area contributed by atoms with Crippen molar-refractivity contribution in [2.75, 3.05) is 32.7 Å². The Hall–Kier alpha value is -2.28. The number of nitrogens with one attached hydrogen (secondary N) is 1. The molecule has 8 heteroatoms. The van der Waals surface area contributed by atoms with Gasteiger partial charge in [-0.25, -0.2) is 4.79 Å². The van der Waals surface area contributed by atoms with Crippen LogP contribution in [0.2, 0.25) is 5.02 Å². The summed E-state index contributed by atoms with van der Waals surface area (Å²) in [4.78, 5) is 40.0. The second-order valence-corrected chi connectivity index (χ2v) is 7.83. The second-order valence-electron chi connectivity index (χ2n) is 7.39. The van der Waals surface area contributed by atoms with Crippen LogP contribution in [0, 0.1) is 0 Å². The number of carbonyl (C=O) groups excluding carboxylic acids is 3. The molecule has 2 rings (SSSR count). The van der Waals surface area contributed by atoms with Gasteiger partial charge in [-0.1, -0.05) is 11.6 Å². The summed E-state index contributed by atoms with van der Waals surface area (Å²) in [5.41, 5.74) is -0.0380. The number of halogens is 1. The van der Waals surface area contributed by atoms with E-state index in [0.717, 1.165) is 0 Å². The summed E-state index contributed by atoms with van der Waals surface area (Å²) in [6.45, 7) is 7.14. The Balaban J connectivity index is 1.84. The molecule has 1 saturated heterocycles. The average molecular weight is 396 g/mol. The maximum atomic E-state index is 12.6. The number of hydrogen-bond acceptors (Lipinski definition) is 4. The lowest BCUT2D eigenvalue weighted by Gasteiger charge is -2.23. The molecule has 0 bridgehead atoms. The number of hydrogen-bond donors (Lipinski definition) is 1. The number of benzene rings is 1. The van der Waals surface area contributed by atoms with Crippen LogP contribution in [0.5, 0.6) is 0 Å². The number of amides is 3. The summed E-state index contributed by atoms with van der Waals surface area (Å²) < 4.78 is 5.12. The van der Waals surface area contributed by atoms with E-state index in [1.165, 1.54) is 0 Å². The first-order valence-corrected chi connectivity index (χ1v) is 9.33. The van der Waals surface area contributed by atoms with Gasteiger partial charge in [-0.15, -0.1) is 0 Å². The molecule has 1 heterocycles. The van der Waals surface area contributed by atoms with Gasteiger partial charge in [0.05, 0.1) is 0 Å². The monoisotopic (exact) mass is 395 g/mol. The molecule has 1 aliphatic rings. The molecule has 0 radical (unpaired) electrons. The van der Waals surface area contributed by atoms with E-state index in [1.54, 1.807) is 54.8 Å². The lowest BCUT2D eigenvalue weighted by Crippen LogP contribution is -2.43. The van der Waals surface area contributed by atoms with E-state index in [0.29, 0.717) is 43.2 Å². The summed E-state index contributed by atoms with van der Waals surface area (Å²) in [7, 11) is 0. The summed E-state index contributed by atoms with van der Waals surface area (Å²) in [6, 6.07) is 6.77. The van der Waals surface area contributed by atoms with Crippen LogP contribution in [-0.2, 0) is 9.53 Å². The van der Waals surface area contributed by atoms with E-state index >= 15 is 0 Å². The van der Waals surface area contributed by atoms with Crippen molar-refractivity contribution in [2.24, 2.45) is 0 Å². The molecule has 0 aliphatic carbocycles. The molecule has 7 nitrogen and oxygen atoms in total. The molecule has 1 aromatic carbocycles. The van der Waals surface area contributed by atoms with Crippen LogP contribution in [0.25, 0.3) is 0 Å². The van der Waals surface area contributed by atoms with Gasteiger partial charge in [0.2, 0.25) is 5.91 Å². The van der Waals surface area contributed by atoms with Gasteiger partial charge in [-0.3, -0.25) is 9.59 Å². The van der Waals surface area contributed by atoms with Gasteiger partial charge in [0.1, 0.15) is 12.1 Å². The van der Waals surface area contributed by atoms with Crippen LogP contribution in [0.3, 0.4) is 0 Å². The van der Waals surface area contributed by atoms with Crippen molar-refractivity contribution in [3.63, 3.8) is 0 Å². The molecule has 27 heavy (non-hydrogen) atoms. The highest BCUT2D eigenvalue weighted by molar-refractivity contribution is 6.30. The van der Waals surface area contributed by atoms with Gasteiger partial charge in [-0.2, -0.15) is 0 Å². The molecule has 0 spiro atoms. The molecule has 3 amide bonds.